The summed E-state index contributed by atoms with van der Waals surface area (Å²) in [6.45, 7) is 0.598. The zero-order valence-corrected chi connectivity index (χ0v) is 13.8. The predicted molar refractivity (Wildman–Crippen MR) is 91.3 cm³/mol. The van der Waals surface area contributed by atoms with Crippen molar-refractivity contribution in [2.75, 3.05) is 12.4 Å². The number of ether oxygens (including phenoxy) is 1. The highest BCUT2D eigenvalue weighted by Gasteiger charge is 2.10. The summed E-state index contributed by atoms with van der Waals surface area (Å²) in [5.74, 6) is 0.797. The minimum atomic E-state index is 0.598. The maximum absolute atomic E-state index is 6.42. The number of anilines is 1. The molecule has 3 rings (SSSR count). The summed E-state index contributed by atoms with van der Waals surface area (Å²) < 4.78 is 6.35. The largest absolute Gasteiger partial charge is 0.495 e. The first-order valence-corrected chi connectivity index (χ1v) is 7.68. The van der Waals surface area contributed by atoms with Crippen LogP contribution in [0.5, 0.6) is 5.75 Å². The molecule has 2 N–H and O–H groups in total. The van der Waals surface area contributed by atoms with E-state index in [2.05, 4.69) is 26.2 Å². The van der Waals surface area contributed by atoms with Gasteiger partial charge in [-0.25, -0.2) is 0 Å². The van der Waals surface area contributed by atoms with Crippen LogP contribution in [0.1, 0.15) is 5.69 Å². The van der Waals surface area contributed by atoms with Crippen LogP contribution in [0.2, 0.25) is 5.02 Å². The molecular weight excluding hydrogens is 352 g/mol. The molecule has 0 saturated heterocycles. The fourth-order valence-electron chi connectivity index (χ4n) is 2.29. The van der Waals surface area contributed by atoms with Gasteiger partial charge in [-0.05, 0) is 24.3 Å². The number of nitrogens with one attached hydrogen (secondary N) is 2. The highest BCUT2D eigenvalue weighted by Crippen LogP contribution is 2.31. The second-order valence-corrected chi connectivity index (χ2v) is 5.95. The van der Waals surface area contributed by atoms with E-state index in [9.17, 15) is 0 Å². The minimum absolute atomic E-state index is 0.598. The number of aromatic amines is 1. The van der Waals surface area contributed by atoms with Crippen LogP contribution in [-0.4, -0.2) is 12.1 Å². The first-order chi connectivity index (χ1) is 10.2. The lowest BCUT2D eigenvalue weighted by Crippen LogP contribution is -2.02. The zero-order chi connectivity index (χ0) is 14.8. The maximum Gasteiger partial charge on any atom is 0.142 e. The summed E-state index contributed by atoms with van der Waals surface area (Å²) in [6, 6.07) is 13.8. The van der Waals surface area contributed by atoms with Crippen molar-refractivity contribution in [3.05, 3.63) is 57.7 Å². The van der Waals surface area contributed by atoms with Crippen molar-refractivity contribution in [1.82, 2.24) is 4.98 Å². The third-order valence-electron chi connectivity index (χ3n) is 3.33. The lowest BCUT2D eigenvalue weighted by molar-refractivity contribution is 0.416. The molecule has 3 aromatic rings. The SMILES string of the molecule is COc1ccc(Br)cc1NCc1[nH]c2ccccc2c1Cl. The summed E-state index contributed by atoms with van der Waals surface area (Å²) in [5.41, 5.74) is 2.92. The predicted octanol–water partition coefficient (Wildman–Crippen LogP) is 5.20. The third kappa shape index (κ3) is 2.87. The summed E-state index contributed by atoms with van der Waals surface area (Å²) >= 11 is 9.88. The average Bonchev–Trinajstić information content (AvgIpc) is 2.82. The van der Waals surface area contributed by atoms with Crippen LogP contribution in [-0.2, 0) is 6.54 Å². The Labute approximate surface area is 136 Å². The molecule has 1 heterocycles. The maximum atomic E-state index is 6.42. The molecule has 1 aromatic heterocycles. The lowest BCUT2D eigenvalue weighted by atomic mass is 10.2. The Bertz CT molecular complexity index is 785. The Balaban J connectivity index is 1.87. The molecule has 108 valence electrons. The number of para-hydroxylation sites is 1. The van der Waals surface area contributed by atoms with Gasteiger partial charge in [-0.15, -0.1) is 0 Å². The van der Waals surface area contributed by atoms with E-state index in [0.29, 0.717) is 6.54 Å². The van der Waals surface area contributed by atoms with Crippen LogP contribution in [0.25, 0.3) is 10.9 Å². The van der Waals surface area contributed by atoms with Gasteiger partial charge < -0.3 is 15.0 Å². The molecule has 21 heavy (non-hydrogen) atoms. The van der Waals surface area contributed by atoms with E-state index in [0.717, 1.165) is 37.5 Å². The van der Waals surface area contributed by atoms with Crippen molar-refractivity contribution in [2.45, 2.75) is 6.54 Å². The number of fused-ring (bicyclic) bond motifs is 1. The molecule has 0 amide bonds. The van der Waals surface area contributed by atoms with Gasteiger partial charge in [0.1, 0.15) is 5.75 Å². The zero-order valence-electron chi connectivity index (χ0n) is 11.4. The first-order valence-electron chi connectivity index (χ1n) is 6.51. The third-order valence-corrected chi connectivity index (χ3v) is 4.26. The summed E-state index contributed by atoms with van der Waals surface area (Å²) in [6.07, 6.45) is 0. The Kier molecular flexibility index (Phi) is 4.08. The molecule has 0 aliphatic rings. The normalized spacial score (nSPS) is 10.8. The topological polar surface area (TPSA) is 37.0 Å². The fourth-order valence-corrected chi connectivity index (χ4v) is 2.93. The number of H-pyrrole nitrogens is 1. The van der Waals surface area contributed by atoms with Crippen molar-refractivity contribution in [3.8, 4) is 5.75 Å². The summed E-state index contributed by atoms with van der Waals surface area (Å²) in [4.78, 5) is 3.34. The van der Waals surface area contributed by atoms with Crippen LogP contribution < -0.4 is 10.1 Å². The quantitative estimate of drug-likeness (QED) is 0.666. The molecule has 0 aliphatic carbocycles. The van der Waals surface area contributed by atoms with Crippen molar-refractivity contribution < 1.29 is 4.74 Å². The van der Waals surface area contributed by atoms with Gasteiger partial charge >= 0.3 is 0 Å². The first kappa shape index (κ1) is 14.3. The summed E-state index contributed by atoms with van der Waals surface area (Å²) in [5, 5.41) is 5.15. The second kappa shape index (κ2) is 6.00. The van der Waals surface area contributed by atoms with Crippen molar-refractivity contribution in [3.63, 3.8) is 0 Å². The monoisotopic (exact) mass is 364 g/mol. The van der Waals surface area contributed by atoms with Crippen LogP contribution >= 0.6 is 27.5 Å². The Hall–Kier alpha value is -1.65. The van der Waals surface area contributed by atoms with E-state index in [1.54, 1.807) is 7.11 Å². The molecule has 0 aliphatic heterocycles. The highest BCUT2D eigenvalue weighted by atomic mass is 79.9. The highest BCUT2D eigenvalue weighted by molar-refractivity contribution is 9.10. The van der Waals surface area contributed by atoms with Crippen LogP contribution in [0, 0.1) is 0 Å². The molecular formula is C16H14BrClN2O. The molecule has 0 radical (unpaired) electrons. The average molecular weight is 366 g/mol. The number of halogens is 2. The Morgan fingerprint density at radius 3 is 2.81 bits per heavy atom. The van der Waals surface area contributed by atoms with E-state index < -0.39 is 0 Å². The van der Waals surface area contributed by atoms with E-state index >= 15 is 0 Å². The molecule has 0 saturated carbocycles. The molecule has 0 atom stereocenters. The lowest BCUT2D eigenvalue weighted by Gasteiger charge is -2.11. The molecule has 0 spiro atoms. The number of rotatable bonds is 4. The fraction of sp³-hybridized carbons (Fsp3) is 0.125. The Morgan fingerprint density at radius 2 is 2.05 bits per heavy atom. The standard InChI is InChI=1S/C16H14BrClN2O/c1-21-15-7-6-10(17)8-13(15)19-9-14-16(18)11-4-2-3-5-12(11)20-14/h2-8,19-20H,9H2,1H3. The van der Waals surface area contributed by atoms with Crippen molar-refractivity contribution >= 4 is 44.1 Å². The van der Waals surface area contributed by atoms with Gasteiger partial charge in [0, 0.05) is 15.4 Å². The molecule has 2 aromatic carbocycles. The molecule has 3 nitrogen and oxygen atoms in total. The van der Waals surface area contributed by atoms with Crippen molar-refractivity contribution in [1.29, 1.82) is 0 Å². The van der Waals surface area contributed by atoms with Gasteiger partial charge in [0.05, 0.1) is 30.1 Å². The van der Waals surface area contributed by atoms with Gasteiger partial charge in [-0.2, -0.15) is 0 Å². The van der Waals surface area contributed by atoms with Crippen LogP contribution in [0.15, 0.2) is 46.9 Å². The van der Waals surface area contributed by atoms with Crippen LogP contribution in [0.4, 0.5) is 5.69 Å². The number of hydrogen-bond donors (Lipinski definition) is 2. The van der Waals surface area contributed by atoms with Gasteiger partial charge in [0.25, 0.3) is 0 Å². The van der Waals surface area contributed by atoms with Gasteiger partial charge in [0.15, 0.2) is 0 Å². The molecule has 0 bridgehead atoms. The van der Waals surface area contributed by atoms with E-state index in [1.165, 1.54) is 0 Å². The molecule has 0 fully saturated rings. The second-order valence-electron chi connectivity index (χ2n) is 4.66. The number of methoxy groups -OCH3 is 1. The summed E-state index contributed by atoms with van der Waals surface area (Å²) in [7, 11) is 1.66. The van der Waals surface area contributed by atoms with Gasteiger partial charge in [0.2, 0.25) is 0 Å². The van der Waals surface area contributed by atoms with Gasteiger partial charge in [-0.1, -0.05) is 45.7 Å². The van der Waals surface area contributed by atoms with Crippen molar-refractivity contribution in [2.24, 2.45) is 0 Å². The minimum Gasteiger partial charge on any atom is -0.495 e. The Morgan fingerprint density at radius 1 is 1.24 bits per heavy atom. The van der Waals surface area contributed by atoms with E-state index in [1.807, 2.05) is 42.5 Å². The number of benzene rings is 2. The molecule has 5 heteroatoms. The van der Waals surface area contributed by atoms with E-state index in [4.69, 9.17) is 16.3 Å². The van der Waals surface area contributed by atoms with E-state index in [-0.39, 0.29) is 0 Å². The van der Waals surface area contributed by atoms with Gasteiger partial charge in [-0.3, -0.25) is 0 Å². The van der Waals surface area contributed by atoms with Crippen LogP contribution in [0.3, 0.4) is 0 Å². The smallest absolute Gasteiger partial charge is 0.142 e. The number of hydrogen-bond acceptors (Lipinski definition) is 2. The number of aromatic nitrogens is 1. The molecule has 0 unspecified atom stereocenters.